The van der Waals surface area contributed by atoms with Gasteiger partial charge in [-0.1, -0.05) is 12.2 Å². The Balaban J connectivity index is 2.65. The van der Waals surface area contributed by atoms with Gasteiger partial charge >= 0.3 is 0 Å². The SMILES string of the molecule is CCN(CCC(N)=S)c1ccc(F)cc1. The van der Waals surface area contributed by atoms with Gasteiger partial charge in [-0.05, 0) is 31.2 Å². The van der Waals surface area contributed by atoms with Gasteiger partial charge in [0.15, 0.2) is 0 Å². The predicted octanol–water partition coefficient (Wildman–Crippen LogP) is 2.33. The second kappa shape index (κ2) is 5.66. The van der Waals surface area contributed by atoms with E-state index in [2.05, 4.69) is 4.90 Å². The zero-order chi connectivity index (χ0) is 11.3. The molecule has 0 saturated carbocycles. The number of nitrogens with two attached hydrogens (primary N) is 1. The van der Waals surface area contributed by atoms with Crippen LogP contribution in [0.15, 0.2) is 24.3 Å². The van der Waals surface area contributed by atoms with Gasteiger partial charge in [0.2, 0.25) is 0 Å². The van der Waals surface area contributed by atoms with Gasteiger partial charge in [0.25, 0.3) is 0 Å². The molecule has 0 aliphatic carbocycles. The fourth-order valence-electron chi connectivity index (χ4n) is 1.37. The molecule has 0 heterocycles. The van der Waals surface area contributed by atoms with E-state index in [1.165, 1.54) is 12.1 Å². The molecule has 1 rings (SSSR count). The Hall–Kier alpha value is -1.16. The summed E-state index contributed by atoms with van der Waals surface area (Å²) in [6, 6.07) is 6.44. The lowest BCUT2D eigenvalue weighted by molar-refractivity contribution is 0.627. The molecule has 0 fully saturated rings. The van der Waals surface area contributed by atoms with Crippen molar-refractivity contribution in [3.8, 4) is 0 Å². The van der Waals surface area contributed by atoms with Crippen LogP contribution in [-0.4, -0.2) is 18.1 Å². The molecule has 4 heteroatoms. The van der Waals surface area contributed by atoms with Crippen LogP contribution >= 0.6 is 12.2 Å². The van der Waals surface area contributed by atoms with Crippen molar-refractivity contribution < 1.29 is 4.39 Å². The zero-order valence-corrected chi connectivity index (χ0v) is 9.56. The molecular formula is C11H15FN2S. The van der Waals surface area contributed by atoms with Gasteiger partial charge in [0, 0.05) is 25.2 Å². The van der Waals surface area contributed by atoms with Gasteiger partial charge in [0.1, 0.15) is 5.82 Å². The zero-order valence-electron chi connectivity index (χ0n) is 8.74. The van der Waals surface area contributed by atoms with Crippen molar-refractivity contribution >= 4 is 22.9 Å². The minimum atomic E-state index is -0.218. The molecule has 2 nitrogen and oxygen atoms in total. The molecule has 0 aliphatic heterocycles. The summed E-state index contributed by atoms with van der Waals surface area (Å²) in [5.74, 6) is -0.218. The van der Waals surface area contributed by atoms with Gasteiger partial charge in [-0.15, -0.1) is 0 Å². The Labute approximate surface area is 94.9 Å². The van der Waals surface area contributed by atoms with Crippen molar-refractivity contribution in [3.63, 3.8) is 0 Å². The molecule has 0 atom stereocenters. The van der Waals surface area contributed by atoms with E-state index in [-0.39, 0.29) is 5.82 Å². The van der Waals surface area contributed by atoms with Crippen LogP contribution in [-0.2, 0) is 0 Å². The highest BCUT2D eigenvalue weighted by molar-refractivity contribution is 7.80. The highest BCUT2D eigenvalue weighted by Gasteiger charge is 2.04. The van der Waals surface area contributed by atoms with E-state index in [4.69, 9.17) is 18.0 Å². The Morgan fingerprint density at radius 1 is 1.40 bits per heavy atom. The minimum absolute atomic E-state index is 0.218. The summed E-state index contributed by atoms with van der Waals surface area (Å²) >= 11 is 4.82. The average Bonchev–Trinajstić information content (AvgIpc) is 2.21. The van der Waals surface area contributed by atoms with Crippen LogP contribution in [0.25, 0.3) is 0 Å². The third kappa shape index (κ3) is 3.83. The van der Waals surface area contributed by atoms with Crippen molar-refractivity contribution in [2.45, 2.75) is 13.3 Å². The fraction of sp³-hybridized carbons (Fsp3) is 0.364. The molecule has 0 amide bonds. The van der Waals surface area contributed by atoms with Gasteiger partial charge in [0.05, 0.1) is 4.99 Å². The van der Waals surface area contributed by atoms with Crippen molar-refractivity contribution in [1.29, 1.82) is 0 Å². The summed E-state index contributed by atoms with van der Waals surface area (Å²) in [5.41, 5.74) is 6.44. The average molecular weight is 226 g/mol. The fourth-order valence-corrected chi connectivity index (χ4v) is 1.46. The summed E-state index contributed by atoms with van der Waals surface area (Å²) in [6.07, 6.45) is 0.681. The van der Waals surface area contributed by atoms with Crippen LogP contribution in [0, 0.1) is 5.82 Å². The number of anilines is 1. The van der Waals surface area contributed by atoms with Crippen molar-refractivity contribution in [3.05, 3.63) is 30.1 Å². The van der Waals surface area contributed by atoms with Crippen LogP contribution in [0.2, 0.25) is 0 Å². The molecule has 0 radical (unpaired) electrons. The largest absolute Gasteiger partial charge is 0.393 e. The number of nitrogens with zero attached hydrogens (tertiary/aromatic N) is 1. The smallest absolute Gasteiger partial charge is 0.123 e. The normalized spacial score (nSPS) is 10.0. The summed E-state index contributed by atoms with van der Waals surface area (Å²) in [5, 5.41) is 0. The number of rotatable bonds is 5. The Bertz CT molecular complexity index is 324. The van der Waals surface area contributed by atoms with Gasteiger partial charge in [-0.2, -0.15) is 0 Å². The van der Waals surface area contributed by atoms with Crippen LogP contribution < -0.4 is 10.6 Å². The first-order valence-electron chi connectivity index (χ1n) is 4.92. The second-order valence-corrected chi connectivity index (χ2v) is 3.80. The molecule has 0 spiro atoms. The molecular weight excluding hydrogens is 211 g/mol. The van der Waals surface area contributed by atoms with Gasteiger partial charge in [-0.3, -0.25) is 0 Å². The van der Waals surface area contributed by atoms with E-state index in [9.17, 15) is 4.39 Å². The summed E-state index contributed by atoms with van der Waals surface area (Å²) in [4.78, 5) is 2.62. The lowest BCUT2D eigenvalue weighted by atomic mass is 10.2. The molecule has 0 aliphatic rings. The number of thiocarbonyl (C=S) groups is 1. The highest BCUT2D eigenvalue weighted by Crippen LogP contribution is 2.14. The van der Waals surface area contributed by atoms with Crippen LogP contribution in [0.4, 0.5) is 10.1 Å². The summed E-state index contributed by atoms with van der Waals surface area (Å²) in [7, 11) is 0. The molecule has 0 aromatic heterocycles. The Morgan fingerprint density at radius 3 is 2.47 bits per heavy atom. The van der Waals surface area contributed by atoms with E-state index < -0.39 is 0 Å². The first-order valence-corrected chi connectivity index (χ1v) is 5.33. The Kier molecular flexibility index (Phi) is 4.49. The van der Waals surface area contributed by atoms with E-state index in [0.717, 1.165) is 18.8 Å². The van der Waals surface area contributed by atoms with E-state index in [0.29, 0.717) is 11.4 Å². The number of hydrogen-bond acceptors (Lipinski definition) is 2. The maximum absolute atomic E-state index is 12.7. The van der Waals surface area contributed by atoms with E-state index in [1.54, 1.807) is 12.1 Å². The number of halogens is 1. The standard InChI is InChI=1S/C11H15FN2S/c1-2-14(8-7-11(13)15)10-5-3-9(12)4-6-10/h3-6H,2,7-8H2,1H3,(H2,13,15). The summed E-state index contributed by atoms with van der Waals surface area (Å²) in [6.45, 7) is 3.68. The third-order valence-corrected chi connectivity index (χ3v) is 2.41. The predicted molar refractivity (Wildman–Crippen MR) is 65.7 cm³/mol. The topological polar surface area (TPSA) is 29.3 Å². The molecule has 2 N–H and O–H groups in total. The second-order valence-electron chi connectivity index (χ2n) is 3.27. The molecule has 15 heavy (non-hydrogen) atoms. The molecule has 0 bridgehead atoms. The number of hydrogen-bond donors (Lipinski definition) is 1. The van der Waals surface area contributed by atoms with Crippen LogP contribution in [0.5, 0.6) is 0 Å². The lowest BCUT2D eigenvalue weighted by Gasteiger charge is -2.22. The molecule has 82 valence electrons. The maximum atomic E-state index is 12.7. The van der Waals surface area contributed by atoms with Crippen molar-refractivity contribution in [1.82, 2.24) is 0 Å². The number of benzene rings is 1. The first kappa shape index (κ1) is 11.9. The lowest BCUT2D eigenvalue weighted by Crippen LogP contribution is -2.27. The van der Waals surface area contributed by atoms with Gasteiger partial charge < -0.3 is 10.6 Å². The molecule has 1 aromatic carbocycles. The van der Waals surface area contributed by atoms with Crippen LogP contribution in [0.3, 0.4) is 0 Å². The quantitative estimate of drug-likeness (QED) is 0.781. The summed E-state index contributed by atoms with van der Waals surface area (Å²) < 4.78 is 12.7. The van der Waals surface area contributed by atoms with Crippen molar-refractivity contribution in [2.75, 3.05) is 18.0 Å². The van der Waals surface area contributed by atoms with E-state index in [1.807, 2.05) is 6.92 Å². The van der Waals surface area contributed by atoms with Gasteiger partial charge in [-0.25, -0.2) is 4.39 Å². The van der Waals surface area contributed by atoms with E-state index >= 15 is 0 Å². The third-order valence-electron chi connectivity index (χ3n) is 2.20. The monoisotopic (exact) mass is 226 g/mol. The first-order chi connectivity index (χ1) is 7.13. The maximum Gasteiger partial charge on any atom is 0.123 e. The minimum Gasteiger partial charge on any atom is -0.393 e. The molecule has 0 saturated heterocycles. The Morgan fingerprint density at radius 2 is 2.00 bits per heavy atom. The highest BCUT2D eigenvalue weighted by atomic mass is 32.1. The van der Waals surface area contributed by atoms with Crippen LogP contribution in [0.1, 0.15) is 13.3 Å². The molecule has 1 aromatic rings. The van der Waals surface area contributed by atoms with Crippen molar-refractivity contribution in [2.24, 2.45) is 5.73 Å². The molecule has 0 unspecified atom stereocenters.